The summed E-state index contributed by atoms with van der Waals surface area (Å²) < 4.78 is 57.3. The van der Waals surface area contributed by atoms with Crippen molar-refractivity contribution in [1.82, 2.24) is 4.98 Å². The van der Waals surface area contributed by atoms with Crippen LogP contribution in [0.5, 0.6) is 0 Å². The third-order valence-electron chi connectivity index (χ3n) is 9.49. The minimum Gasteiger partial charge on any atom is -0.455 e. The van der Waals surface area contributed by atoms with Gasteiger partial charge in [-0.3, -0.25) is 4.98 Å². The van der Waals surface area contributed by atoms with E-state index in [2.05, 4.69) is 62.2 Å². The summed E-state index contributed by atoms with van der Waals surface area (Å²) in [5, 5.41) is 7.52. The zero-order chi connectivity index (χ0) is 34.0. The van der Waals surface area contributed by atoms with Crippen LogP contribution in [0.25, 0.3) is 65.9 Å². The van der Waals surface area contributed by atoms with E-state index in [4.69, 9.17) is 12.6 Å². The van der Waals surface area contributed by atoms with Crippen LogP contribution < -0.4 is 5.19 Å². The molecule has 0 amide bonds. The van der Waals surface area contributed by atoms with E-state index in [9.17, 15) is 0 Å². The summed E-state index contributed by atoms with van der Waals surface area (Å²) in [7, 11) is -1.91. The van der Waals surface area contributed by atoms with Crippen molar-refractivity contribution >= 4 is 56.7 Å². The molecule has 0 bridgehead atoms. The van der Waals surface area contributed by atoms with Crippen molar-refractivity contribution < 1.29 is 12.6 Å². The van der Waals surface area contributed by atoms with Gasteiger partial charge in [-0.15, -0.1) is 0 Å². The molecule has 0 aliphatic carbocycles. The number of nitrogens with zero attached hydrogens (tertiary/aromatic N) is 1. The Kier molecular flexibility index (Phi) is 5.04. The topological polar surface area (TPSA) is 26.0 Å². The van der Waals surface area contributed by atoms with E-state index in [0.29, 0.717) is 28.0 Å². The van der Waals surface area contributed by atoms with E-state index >= 15 is 0 Å². The second kappa shape index (κ2) is 10.3. The fourth-order valence-corrected chi connectivity index (χ4v) is 10.4. The molecule has 2 heterocycles. The van der Waals surface area contributed by atoms with Crippen molar-refractivity contribution in [1.29, 1.82) is 0 Å². The monoisotopic (exact) mass is 569 g/mol. The molecule has 0 saturated heterocycles. The number of benzene rings is 5. The van der Waals surface area contributed by atoms with Crippen LogP contribution in [0, 0.1) is 13.7 Å². The molecule has 0 N–H and O–H groups in total. The average Bonchev–Trinajstić information content (AvgIpc) is 3.45. The van der Waals surface area contributed by atoms with Crippen LogP contribution in [0.4, 0.5) is 0 Å². The zero-order valence-electron chi connectivity index (χ0n) is 30.2. The lowest BCUT2D eigenvalue weighted by Gasteiger charge is -2.29. The molecule has 3 heteroatoms. The molecule has 5 aromatic carbocycles. The first-order valence-corrected chi connectivity index (χ1v) is 17.4. The summed E-state index contributed by atoms with van der Waals surface area (Å²) in [6.07, 6.45) is 1.37. The van der Waals surface area contributed by atoms with Gasteiger partial charge in [0.25, 0.3) is 0 Å². The Bertz CT molecular complexity index is 2340. The Morgan fingerprint density at radius 3 is 2.24 bits per heavy atom. The SMILES string of the molecule is [2H]C([2H])([2H])c1cnc(-c2cccc3c2oc2cc4c(ccc5ccccc54)cc23)cc1-c1ccc([Si](CC)(CC)CC)cc1C([2H])([2H])[2H]. The van der Waals surface area contributed by atoms with Crippen LogP contribution >= 0.6 is 0 Å². The summed E-state index contributed by atoms with van der Waals surface area (Å²) >= 11 is 0. The van der Waals surface area contributed by atoms with Crippen LogP contribution in [0.2, 0.25) is 18.1 Å². The molecule has 0 radical (unpaired) electrons. The summed E-state index contributed by atoms with van der Waals surface area (Å²) in [6.45, 7) is 1.62. The third kappa shape index (κ3) is 4.10. The zero-order valence-corrected chi connectivity index (χ0v) is 25.2. The molecular formula is C39H37NOSi. The van der Waals surface area contributed by atoms with E-state index < -0.39 is 21.8 Å². The van der Waals surface area contributed by atoms with E-state index in [-0.39, 0.29) is 11.1 Å². The van der Waals surface area contributed by atoms with Gasteiger partial charge in [0.05, 0.1) is 13.8 Å². The Morgan fingerprint density at radius 1 is 0.643 bits per heavy atom. The van der Waals surface area contributed by atoms with Gasteiger partial charge in [-0.05, 0) is 81.8 Å². The Balaban J connectivity index is 1.46. The van der Waals surface area contributed by atoms with Crippen LogP contribution in [0.15, 0.2) is 102 Å². The molecule has 0 saturated carbocycles. The number of aryl methyl sites for hydroxylation is 2. The highest BCUT2D eigenvalue weighted by molar-refractivity contribution is 6.91. The average molecular weight is 570 g/mol. The minimum atomic E-state index is -2.51. The molecule has 7 rings (SSSR count). The van der Waals surface area contributed by atoms with Crippen molar-refractivity contribution in [3.8, 4) is 22.4 Å². The molecule has 0 spiro atoms. The highest BCUT2D eigenvalue weighted by Gasteiger charge is 2.29. The van der Waals surface area contributed by atoms with Crippen LogP contribution in [-0.2, 0) is 0 Å². The number of fused-ring (bicyclic) bond motifs is 6. The van der Waals surface area contributed by atoms with E-state index in [1.807, 2.05) is 48.5 Å². The molecule has 42 heavy (non-hydrogen) atoms. The second-order valence-corrected chi connectivity index (χ2v) is 16.6. The number of pyridine rings is 1. The molecule has 0 atom stereocenters. The van der Waals surface area contributed by atoms with E-state index in [1.54, 1.807) is 6.07 Å². The second-order valence-electron chi connectivity index (χ2n) is 11.4. The van der Waals surface area contributed by atoms with Gasteiger partial charge < -0.3 is 4.42 Å². The third-order valence-corrected chi connectivity index (χ3v) is 15.1. The first kappa shape index (κ1) is 20.6. The van der Waals surface area contributed by atoms with Crippen molar-refractivity contribution in [3.63, 3.8) is 0 Å². The maximum atomic E-state index is 8.54. The molecule has 0 fully saturated rings. The van der Waals surface area contributed by atoms with Gasteiger partial charge in [0.2, 0.25) is 0 Å². The van der Waals surface area contributed by atoms with Crippen LogP contribution in [0.3, 0.4) is 0 Å². The van der Waals surface area contributed by atoms with Crippen molar-refractivity contribution in [2.24, 2.45) is 0 Å². The van der Waals surface area contributed by atoms with Crippen molar-refractivity contribution in [2.75, 3.05) is 0 Å². The highest BCUT2D eigenvalue weighted by atomic mass is 28.3. The normalized spacial score (nSPS) is 14.9. The first-order valence-electron chi connectivity index (χ1n) is 17.8. The van der Waals surface area contributed by atoms with Gasteiger partial charge in [-0.1, -0.05) is 111 Å². The largest absolute Gasteiger partial charge is 0.455 e. The lowest BCUT2D eigenvalue weighted by atomic mass is 9.95. The maximum Gasteiger partial charge on any atom is 0.144 e. The molecule has 0 unspecified atom stereocenters. The summed E-state index contributed by atoms with van der Waals surface area (Å²) in [4.78, 5) is 4.65. The van der Waals surface area contributed by atoms with Gasteiger partial charge in [-0.2, -0.15) is 0 Å². The van der Waals surface area contributed by atoms with Crippen LogP contribution in [-0.4, -0.2) is 13.1 Å². The first-order chi connectivity index (χ1) is 22.9. The Labute approximate surface area is 257 Å². The number of hydrogen-bond donors (Lipinski definition) is 0. The van der Waals surface area contributed by atoms with Gasteiger partial charge >= 0.3 is 0 Å². The Morgan fingerprint density at radius 2 is 1.43 bits per heavy atom. The smallest absolute Gasteiger partial charge is 0.144 e. The number of aromatic nitrogens is 1. The molecule has 7 aromatic rings. The fourth-order valence-electron chi connectivity index (χ4n) is 6.80. The minimum absolute atomic E-state index is 0.0180. The molecule has 2 aromatic heterocycles. The number of para-hydroxylation sites is 1. The predicted octanol–water partition coefficient (Wildman–Crippen LogP) is 11.0. The number of hydrogen-bond acceptors (Lipinski definition) is 2. The van der Waals surface area contributed by atoms with Crippen LogP contribution in [0.1, 0.15) is 40.1 Å². The molecule has 0 aliphatic rings. The molecular weight excluding hydrogens is 527 g/mol. The van der Waals surface area contributed by atoms with E-state index in [0.717, 1.165) is 61.2 Å². The highest BCUT2D eigenvalue weighted by Crippen LogP contribution is 2.39. The maximum absolute atomic E-state index is 8.54. The van der Waals surface area contributed by atoms with Crippen molar-refractivity contribution in [2.45, 2.75) is 52.6 Å². The van der Waals surface area contributed by atoms with Gasteiger partial charge in [0, 0.05) is 30.8 Å². The fraction of sp³-hybridized carbons (Fsp3) is 0.205. The van der Waals surface area contributed by atoms with Gasteiger partial charge in [0.15, 0.2) is 0 Å². The molecule has 2 nitrogen and oxygen atoms in total. The standard InChI is InChI=1S/C39H37NOSi/c1-6-42(7-2,8-3)29-18-19-30(25(4)20-29)34-22-37(40-24-26(34)5)33-15-11-14-32-36-21-28-17-16-27-12-9-10-13-31(27)35(28)23-38(36)41-39(32)33/h9-24H,6-8H2,1-5H3/i4D3,5D3. The summed E-state index contributed by atoms with van der Waals surface area (Å²) in [5.74, 6) is 0. The predicted molar refractivity (Wildman–Crippen MR) is 184 cm³/mol. The van der Waals surface area contributed by atoms with Gasteiger partial charge in [0.1, 0.15) is 11.2 Å². The van der Waals surface area contributed by atoms with Gasteiger partial charge in [-0.25, -0.2) is 0 Å². The quantitative estimate of drug-likeness (QED) is 0.147. The Hall–Kier alpha value is -4.21. The molecule has 0 aliphatic heterocycles. The lowest BCUT2D eigenvalue weighted by Crippen LogP contribution is -2.45. The summed E-state index contributed by atoms with van der Waals surface area (Å²) in [5.41, 5.74) is 3.55. The summed E-state index contributed by atoms with van der Waals surface area (Å²) in [6, 6.07) is 33.1. The van der Waals surface area contributed by atoms with Crippen molar-refractivity contribution in [3.05, 3.63) is 108 Å². The number of furan rings is 1. The van der Waals surface area contributed by atoms with E-state index in [1.165, 1.54) is 6.20 Å². The lowest BCUT2D eigenvalue weighted by molar-refractivity contribution is 0.670. The number of rotatable bonds is 6. The molecule has 208 valence electrons.